The predicted molar refractivity (Wildman–Crippen MR) is 69.6 cm³/mol. The van der Waals surface area contributed by atoms with Crippen LogP contribution in [-0.4, -0.2) is 34.5 Å². The summed E-state index contributed by atoms with van der Waals surface area (Å²) in [7, 11) is 0. The summed E-state index contributed by atoms with van der Waals surface area (Å²) in [6, 6.07) is 0.430. The highest BCUT2D eigenvalue weighted by Gasteiger charge is 2.30. The molecule has 0 aliphatic carbocycles. The van der Waals surface area contributed by atoms with Crippen molar-refractivity contribution in [3.8, 4) is 0 Å². The van der Waals surface area contributed by atoms with Crippen molar-refractivity contribution in [2.24, 2.45) is 4.99 Å². The molecule has 0 saturated carbocycles. The standard InChI is InChI=1S/C10H20N2S2/c1-5-10(3)7-14-9(12-10)11-8(2)6-13-4/h8H,5-7H2,1-4H3,(H,11,12). The lowest BCUT2D eigenvalue weighted by molar-refractivity contribution is 0.466. The highest BCUT2D eigenvalue weighted by atomic mass is 32.2. The molecule has 1 aliphatic rings. The van der Waals surface area contributed by atoms with E-state index >= 15 is 0 Å². The molecule has 1 N–H and O–H groups in total. The minimum absolute atomic E-state index is 0.266. The Hall–Kier alpha value is 0.170. The van der Waals surface area contributed by atoms with E-state index in [1.807, 2.05) is 23.5 Å². The van der Waals surface area contributed by atoms with E-state index < -0.39 is 0 Å². The average Bonchev–Trinajstić information content (AvgIpc) is 2.49. The molecule has 1 saturated heterocycles. The molecule has 0 amide bonds. The summed E-state index contributed by atoms with van der Waals surface area (Å²) in [4.78, 5) is 4.66. The Balaban J connectivity index is 2.48. The van der Waals surface area contributed by atoms with Gasteiger partial charge in [-0.25, -0.2) is 0 Å². The predicted octanol–water partition coefficient (Wildman–Crippen LogP) is 2.60. The van der Waals surface area contributed by atoms with Crippen molar-refractivity contribution >= 4 is 28.7 Å². The summed E-state index contributed by atoms with van der Waals surface area (Å²) in [6.45, 7) is 6.66. The molecule has 0 radical (unpaired) electrons. The summed E-state index contributed by atoms with van der Waals surface area (Å²) in [5.41, 5.74) is 0.266. The van der Waals surface area contributed by atoms with Crippen LogP contribution in [-0.2, 0) is 0 Å². The van der Waals surface area contributed by atoms with Gasteiger partial charge in [-0.2, -0.15) is 11.8 Å². The zero-order chi connectivity index (χ0) is 10.6. The Bertz CT molecular complexity index is 218. The molecule has 0 aromatic carbocycles. The third kappa shape index (κ3) is 3.39. The largest absolute Gasteiger partial charge is 0.359 e. The molecule has 1 aliphatic heterocycles. The number of nitrogens with zero attached hydrogens (tertiary/aromatic N) is 1. The second-order valence-corrected chi connectivity index (χ2v) is 5.94. The fraction of sp³-hybridized carbons (Fsp3) is 0.900. The van der Waals surface area contributed by atoms with Crippen molar-refractivity contribution in [2.45, 2.75) is 38.8 Å². The van der Waals surface area contributed by atoms with Gasteiger partial charge in [0.05, 0.1) is 6.04 Å². The van der Waals surface area contributed by atoms with E-state index in [1.165, 1.54) is 0 Å². The van der Waals surface area contributed by atoms with Gasteiger partial charge in [-0.1, -0.05) is 18.7 Å². The zero-order valence-corrected chi connectivity index (χ0v) is 11.1. The summed E-state index contributed by atoms with van der Waals surface area (Å²) in [5, 5.41) is 4.65. The van der Waals surface area contributed by atoms with Gasteiger partial charge >= 0.3 is 0 Å². The highest BCUT2D eigenvalue weighted by Crippen LogP contribution is 2.25. The van der Waals surface area contributed by atoms with Gasteiger partial charge in [0, 0.05) is 17.0 Å². The van der Waals surface area contributed by atoms with Gasteiger partial charge < -0.3 is 5.32 Å². The average molecular weight is 232 g/mol. The monoisotopic (exact) mass is 232 g/mol. The van der Waals surface area contributed by atoms with Gasteiger partial charge in [0.1, 0.15) is 0 Å². The summed E-state index contributed by atoms with van der Waals surface area (Å²) in [5.74, 6) is 2.25. The van der Waals surface area contributed by atoms with Gasteiger partial charge in [0.15, 0.2) is 5.17 Å². The lowest BCUT2D eigenvalue weighted by atomic mass is 10.0. The third-order valence-electron chi connectivity index (χ3n) is 2.46. The van der Waals surface area contributed by atoms with Crippen LogP contribution < -0.4 is 5.32 Å². The van der Waals surface area contributed by atoms with E-state index in [4.69, 9.17) is 0 Å². The molecule has 1 heterocycles. The third-order valence-corrected chi connectivity index (χ3v) is 4.54. The fourth-order valence-corrected chi connectivity index (χ4v) is 3.16. The fourth-order valence-electron chi connectivity index (χ4n) is 1.30. The smallest absolute Gasteiger partial charge is 0.157 e. The van der Waals surface area contributed by atoms with E-state index in [0.717, 1.165) is 23.1 Å². The maximum atomic E-state index is 4.66. The molecular formula is C10H20N2S2. The molecule has 4 heteroatoms. The van der Waals surface area contributed by atoms with Crippen LogP contribution in [0.2, 0.25) is 0 Å². The van der Waals surface area contributed by atoms with Crippen LogP contribution in [0.25, 0.3) is 0 Å². The number of hydrogen-bond acceptors (Lipinski definition) is 3. The lowest BCUT2D eigenvalue weighted by Crippen LogP contribution is -2.40. The van der Waals surface area contributed by atoms with Crippen LogP contribution >= 0.6 is 23.5 Å². The van der Waals surface area contributed by atoms with E-state index in [9.17, 15) is 0 Å². The molecule has 0 aromatic rings. The summed E-state index contributed by atoms with van der Waals surface area (Å²) >= 11 is 3.71. The number of aliphatic imine (C=N–C) groups is 1. The van der Waals surface area contributed by atoms with Gasteiger partial charge in [0.25, 0.3) is 0 Å². The van der Waals surface area contributed by atoms with E-state index in [-0.39, 0.29) is 5.54 Å². The van der Waals surface area contributed by atoms with Gasteiger partial charge in [-0.05, 0) is 26.5 Å². The molecule has 2 unspecified atom stereocenters. The van der Waals surface area contributed by atoms with Crippen molar-refractivity contribution in [2.75, 3.05) is 17.8 Å². The van der Waals surface area contributed by atoms with Crippen LogP contribution in [0.1, 0.15) is 27.2 Å². The minimum atomic E-state index is 0.266. The second-order valence-electron chi connectivity index (χ2n) is 4.07. The first-order valence-electron chi connectivity index (χ1n) is 5.07. The Labute approximate surface area is 95.7 Å². The topological polar surface area (TPSA) is 24.4 Å². The number of hydrogen-bond donors (Lipinski definition) is 1. The van der Waals surface area contributed by atoms with E-state index in [2.05, 4.69) is 37.3 Å². The van der Waals surface area contributed by atoms with Gasteiger partial charge in [0.2, 0.25) is 0 Å². The number of amidine groups is 1. The Morgan fingerprint density at radius 2 is 2.43 bits per heavy atom. The number of thioether (sulfide) groups is 2. The van der Waals surface area contributed by atoms with E-state index in [0.29, 0.717) is 6.04 Å². The SMILES string of the molecule is CCC1(C)CSC(=NC(C)CSC)N1. The lowest BCUT2D eigenvalue weighted by Gasteiger charge is -2.21. The zero-order valence-electron chi connectivity index (χ0n) is 9.46. The second kappa shape index (κ2) is 5.31. The molecule has 2 atom stereocenters. The Kier molecular flexibility index (Phi) is 4.64. The molecule has 82 valence electrons. The summed E-state index contributed by atoms with van der Waals surface area (Å²) < 4.78 is 0. The molecular weight excluding hydrogens is 212 g/mol. The van der Waals surface area contributed by atoms with Crippen molar-refractivity contribution in [3.05, 3.63) is 0 Å². The molecule has 0 bridgehead atoms. The van der Waals surface area contributed by atoms with Crippen LogP contribution in [0.5, 0.6) is 0 Å². The Morgan fingerprint density at radius 3 is 2.93 bits per heavy atom. The first-order valence-corrected chi connectivity index (χ1v) is 7.45. The van der Waals surface area contributed by atoms with Gasteiger partial charge in [-0.15, -0.1) is 0 Å². The highest BCUT2D eigenvalue weighted by molar-refractivity contribution is 8.14. The molecule has 1 fully saturated rings. The maximum absolute atomic E-state index is 4.66. The molecule has 2 nitrogen and oxygen atoms in total. The normalized spacial score (nSPS) is 31.9. The van der Waals surface area contributed by atoms with Crippen LogP contribution in [0.3, 0.4) is 0 Å². The number of nitrogens with one attached hydrogen (secondary N) is 1. The quantitative estimate of drug-likeness (QED) is 0.806. The van der Waals surface area contributed by atoms with E-state index in [1.54, 1.807) is 0 Å². The van der Waals surface area contributed by atoms with Crippen molar-refractivity contribution < 1.29 is 0 Å². The van der Waals surface area contributed by atoms with Crippen molar-refractivity contribution in [3.63, 3.8) is 0 Å². The first-order chi connectivity index (χ1) is 6.59. The van der Waals surface area contributed by atoms with Crippen molar-refractivity contribution in [1.29, 1.82) is 0 Å². The first kappa shape index (κ1) is 12.2. The maximum Gasteiger partial charge on any atom is 0.157 e. The number of rotatable bonds is 4. The molecule has 0 aromatic heterocycles. The minimum Gasteiger partial charge on any atom is -0.359 e. The van der Waals surface area contributed by atoms with Crippen molar-refractivity contribution in [1.82, 2.24) is 5.32 Å². The summed E-state index contributed by atoms with van der Waals surface area (Å²) in [6.07, 6.45) is 3.29. The molecule has 1 rings (SSSR count). The molecule has 0 spiro atoms. The van der Waals surface area contributed by atoms with Gasteiger partial charge in [-0.3, -0.25) is 4.99 Å². The Morgan fingerprint density at radius 1 is 1.71 bits per heavy atom. The van der Waals surface area contributed by atoms with Crippen LogP contribution in [0, 0.1) is 0 Å². The molecule has 14 heavy (non-hydrogen) atoms. The van der Waals surface area contributed by atoms with Crippen LogP contribution in [0.15, 0.2) is 4.99 Å². The van der Waals surface area contributed by atoms with Crippen LogP contribution in [0.4, 0.5) is 0 Å².